The van der Waals surface area contributed by atoms with Crippen LogP contribution in [0.25, 0.3) is 22.3 Å². The Hall–Kier alpha value is -2.75. The number of rotatable bonds is 13. The molecule has 3 aromatic rings. The fraction of sp³-hybridized carbons (Fsp3) is 0.600. The molecule has 1 heterocycles. The smallest absolute Gasteiger partial charge is 0.131 e. The molecule has 5 nitrogen and oxygen atoms in total. The summed E-state index contributed by atoms with van der Waals surface area (Å²) in [4.78, 5) is 0. The fourth-order valence-electron chi connectivity index (χ4n) is 9.17. The van der Waals surface area contributed by atoms with Crippen LogP contribution in [-0.2, 0) is 0 Å². The van der Waals surface area contributed by atoms with Crippen molar-refractivity contribution in [1.29, 1.82) is 0 Å². The highest BCUT2D eigenvalue weighted by Crippen LogP contribution is 2.64. The monoisotopic (exact) mass is 714 g/mol. The van der Waals surface area contributed by atoms with Gasteiger partial charge in [-0.2, -0.15) is 0 Å². The van der Waals surface area contributed by atoms with Gasteiger partial charge in [0.1, 0.15) is 23.0 Å². The number of aliphatic hydroxyl groups is 1. The van der Waals surface area contributed by atoms with Gasteiger partial charge in [0.15, 0.2) is 0 Å². The van der Waals surface area contributed by atoms with Crippen molar-refractivity contribution in [2.24, 2.45) is 11.8 Å². The molecule has 2 atom stereocenters. The van der Waals surface area contributed by atoms with Crippen LogP contribution in [0.15, 0.2) is 54.6 Å². The molecular formula is C45H63O5P. The second-order valence-corrected chi connectivity index (χ2v) is 19.0. The lowest BCUT2D eigenvalue weighted by molar-refractivity contribution is 0.131. The van der Waals surface area contributed by atoms with Crippen LogP contribution < -0.4 is 24.3 Å². The van der Waals surface area contributed by atoms with Gasteiger partial charge in [-0.25, -0.2) is 0 Å². The fourth-order valence-corrected chi connectivity index (χ4v) is 13.7. The van der Waals surface area contributed by atoms with Gasteiger partial charge in [-0.3, -0.25) is 0 Å². The minimum Gasteiger partial charge on any atom is -0.490 e. The second kappa shape index (κ2) is 16.9. The molecule has 0 amide bonds. The van der Waals surface area contributed by atoms with Crippen molar-refractivity contribution in [3.8, 4) is 45.3 Å². The summed E-state index contributed by atoms with van der Waals surface area (Å²) in [6.07, 6.45) is 11.7. The molecule has 2 unspecified atom stereocenters. The number of ether oxygens (including phenoxy) is 4. The predicted octanol–water partition coefficient (Wildman–Crippen LogP) is 11.5. The maximum Gasteiger partial charge on any atom is 0.131 e. The van der Waals surface area contributed by atoms with E-state index in [1.165, 1.54) is 67.8 Å². The van der Waals surface area contributed by atoms with E-state index in [1.807, 2.05) is 0 Å². The molecule has 6 heteroatoms. The lowest BCUT2D eigenvalue weighted by Gasteiger charge is -2.47. The first-order valence-electron chi connectivity index (χ1n) is 20.0. The summed E-state index contributed by atoms with van der Waals surface area (Å²) in [7, 11) is -0.744. The highest BCUT2D eigenvalue weighted by atomic mass is 31.1. The zero-order valence-corrected chi connectivity index (χ0v) is 33.4. The zero-order chi connectivity index (χ0) is 36.2. The Bertz CT molecular complexity index is 1420. The SMILES string of the molecule is CC(C)Oc1cccc(OC(C)C)c1-c1cccc(-c2c(OC(C)C)cccc2OC(C)C)c1P1C(C2CCCC2)CC(O)CC1C1CCCC1. The minimum absolute atomic E-state index is 0.00362. The molecule has 6 rings (SSSR count). The molecule has 3 aromatic carbocycles. The maximum atomic E-state index is 11.7. The number of aliphatic hydroxyl groups excluding tert-OH is 1. The van der Waals surface area contributed by atoms with Crippen LogP contribution in [0.1, 0.15) is 120 Å². The van der Waals surface area contributed by atoms with Crippen molar-refractivity contribution in [2.45, 2.75) is 161 Å². The van der Waals surface area contributed by atoms with E-state index in [0.717, 1.165) is 47.0 Å². The summed E-state index contributed by atoms with van der Waals surface area (Å²) >= 11 is 0. The Kier molecular flexibility index (Phi) is 12.6. The summed E-state index contributed by atoms with van der Waals surface area (Å²) < 4.78 is 26.7. The summed E-state index contributed by atoms with van der Waals surface area (Å²) in [6.45, 7) is 16.8. The van der Waals surface area contributed by atoms with E-state index >= 15 is 0 Å². The van der Waals surface area contributed by atoms with Crippen LogP contribution in [0.5, 0.6) is 23.0 Å². The van der Waals surface area contributed by atoms with Gasteiger partial charge in [-0.1, -0.05) is 63.9 Å². The zero-order valence-electron chi connectivity index (χ0n) is 32.5. The average molecular weight is 715 g/mol. The minimum atomic E-state index is -0.744. The highest BCUT2D eigenvalue weighted by Gasteiger charge is 2.47. The van der Waals surface area contributed by atoms with Crippen molar-refractivity contribution in [3.63, 3.8) is 0 Å². The Balaban J connectivity index is 1.72. The van der Waals surface area contributed by atoms with Crippen molar-refractivity contribution < 1.29 is 24.1 Å². The largest absolute Gasteiger partial charge is 0.490 e. The van der Waals surface area contributed by atoms with Crippen LogP contribution in [0.4, 0.5) is 0 Å². The van der Waals surface area contributed by atoms with Crippen molar-refractivity contribution in [2.75, 3.05) is 0 Å². The second-order valence-electron chi connectivity index (χ2n) is 16.4. The molecule has 51 heavy (non-hydrogen) atoms. The molecule has 3 aliphatic rings. The van der Waals surface area contributed by atoms with Crippen LogP contribution in [-0.4, -0.2) is 46.9 Å². The third-order valence-electron chi connectivity index (χ3n) is 10.9. The van der Waals surface area contributed by atoms with Gasteiger partial charge in [0.2, 0.25) is 0 Å². The lowest BCUT2D eigenvalue weighted by atomic mass is 9.92. The molecule has 1 saturated heterocycles. The molecule has 3 fully saturated rings. The van der Waals surface area contributed by atoms with E-state index in [0.29, 0.717) is 23.2 Å². The first-order valence-corrected chi connectivity index (χ1v) is 21.5. The van der Waals surface area contributed by atoms with Crippen LogP contribution >= 0.6 is 7.92 Å². The van der Waals surface area contributed by atoms with E-state index in [-0.39, 0.29) is 30.5 Å². The number of benzene rings is 3. The Labute approximate surface area is 309 Å². The van der Waals surface area contributed by atoms with Crippen LogP contribution in [0, 0.1) is 11.8 Å². The van der Waals surface area contributed by atoms with Gasteiger partial charge >= 0.3 is 0 Å². The maximum absolute atomic E-state index is 11.7. The van der Waals surface area contributed by atoms with Crippen LogP contribution in [0.3, 0.4) is 0 Å². The average Bonchev–Trinajstić information content (AvgIpc) is 3.79. The van der Waals surface area contributed by atoms with Gasteiger partial charge in [0, 0.05) is 0 Å². The molecule has 0 aromatic heterocycles. The van der Waals surface area contributed by atoms with Crippen molar-refractivity contribution in [1.82, 2.24) is 0 Å². The van der Waals surface area contributed by atoms with E-state index in [9.17, 15) is 5.11 Å². The van der Waals surface area contributed by atoms with Gasteiger partial charge < -0.3 is 24.1 Å². The molecule has 2 saturated carbocycles. The molecular weight excluding hydrogens is 651 g/mol. The molecule has 2 aliphatic carbocycles. The number of hydrogen-bond donors (Lipinski definition) is 1. The summed E-state index contributed by atoms with van der Waals surface area (Å²) in [5.41, 5.74) is 5.35. The van der Waals surface area contributed by atoms with E-state index in [2.05, 4.69) is 110 Å². The lowest BCUT2D eigenvalue weighted by Crippen LogP contribution is -2.41. The molecule has 1 aliphatic heterocycles. The van der Waals surface area contributed by atoms with E-state index in [1.54, 1.807) is 0 Å². The van der Waals surface area contributed by atoms with Gasteiger partial charge in [-0.15, -0.1) is 0 Å². The first kappa shape index (κ1) is 38.0. The molecule has 0 bridgehead atoms. The van der Waals surface area contributed by atoms with Gasteiger partial charge in [0.05, 0.1) is 41.6 Å². The van der Waals surface area contributed by atoms with Crippen LogP contribution in [0.2, 0.25) is 0 Å². The third-order valence-corrected chi connectivity index (χ3v) is 14.6. The first-order chi connectivity index (χ1) is 24.5. The summed E-state index contributed by atoms with van der Waals surface area (Å²) in [6, 6.07) is 19.5. The number of hydrogen-bond acceptors (Lipinski definition) is 5. The topological polar surface area (TPSA) is 57.2 Å². The Morgan fingerprint density at radius 1 is 0.510 bits per heavy atom. The summed E-state index contributed by atoms with van der Waals surface area (Å²) in [5, 5.41) is 13.1. The molecule has 1 N–H and O–H groups in total. The van der Waals surface area contributed by atoms with Gasteiger partial charge in [0.25, 0.3) is 0 Å². The molecule has 0 spiro atoms. The van der Waals surface area contributed by atoms with Crippen molar-refractivity contribution >= 4 is 13.2 Å². The van der Waals surface area contributed by atoms with E-state index in [4.69, 9.17) is 18.9 Å². The van der Waals surface area contributed by atoms with Gasteiger partial charge in [-0.05, 0) is 158 Å². The standard InChI is InChI=1S/C45H63O5P/c1-28(2)47-37-22-14-23-38(48-29(3)4)43(37)35-20-13-21-36(44-39(49-30(5)6)24-15-25-40(44)50-31(7)8)45(35)51-41(32-16-9-10-17-32)26-34(46)27-42(51)33-18-11-12-19-33/h13-15,20-25,28-34,41-42,46H,9-12,16-19,26-27H2,1-8H3. The highest BCUT2D eigenvalue weighted by molar-refractivity contribution is 7.67. The Morgan fingerprint density at radius 2 is 0.824 bits per heavy atom. The predicted molar refractivity (Wildman–Crippen MR) is 214 cm³/mol. The molecule has 278 valence electrons. The Morgan fingerprint density at radius 3 is 1.14 bits per heavy atom. The normalized spacial score (nSPS) is 23.2. The third kappa shape index (κ3) is 8.73. The molecule has 0 radical (unpaired) electrons. The van der Waals surface area contributed by atoms with E-state index < -0.39 is 7.92 Å². The quantitative estimate of drug-likeness (QED) is 0.179. The summed E-state index contributed by atoms with van der Waals surface area (Å²) in [5.74, 6) is 4.67. The van der Waals surface area contributed by atoms with Crippen molar-refractivity contribution in [3.05, 3.63) is 54.6 Å².